The lowest BCUT2D eigenvalue weighted by atomic mass is 10.3. The van der Waals surface area contributed by atoms with E-state index in [1.165, 1.54) is 0 Å². The van der Waals surface area contributed by atoms with E-state index in [4.69, 9.17) is 4.55 Å². The first kappa shape index (κ1) is 16.4. The van der Waals surface area contributed by atoms with Gasteiger partial charge in [0.2, 0.25) is 5.76 Å². The third kappa shape index (κ3) is 2.60. The fraction of sp³-hybridized carbons (Fsp3) is 0.375. The van der Waals surface area contributed by atoms with Gasteiger partial charge < -0.3 is 9.15 Å². The van der Waals surface area contributed by atoms with Gasteiger partial charge in [-0.25, -0.2) is 13.6 Å². The van der Waals surface area contributed by atoms with Gasteiger partial charge >= 0.3 is 33.6 Å². The van der Waals surface area contributed by atoms with E-state index in [9.17, 15) is 35.2 Å². The molecule has 1 N–H and O–H groups in total. The molecule has 6 nitrogen and oxygen atoms in total. The Balaban J connectivity index is 3.25. The van der Waals surface area contributed by atoms with E-state index in [1.54, 1.807) is 0 Å². The molecule has 1 heterocycles. The zero-order valence-electron chi connectivity index (χ0n) is 9.10. The summed E-state index contributed by atoms with van der Waals surface area (Å²) in [5.74, 6) is -9.08. The molecule has 1 atom stereocenters. The number of hydrogen-bond donors (Lipinski definition) is 1. The molecule has 1 aromatic heterocycles. The molecular formula is C8H5F5O6S. The van der Waals surface area contributed by atoms with Gasteiger partial charge in [-0.1, -0.05) is 0 Å². The van der Waals surface area contributed by atoms with Crippen molar-refractivity contribution in [3.05, 3.63) is 24.2 Å². The van der Waals surface area contributed by atoms with Crippen molar-refractivity contribution in [1.29, 1.82) is 0 Å². The largest absolute Gasteiger partial charge is 0.457 e. The van der Waals surface area contributed by atoms with Crippen LogP contribution in [0.5, 0.6) is 0 Å². The molecule has 0 radical (unpaired) electrons. The highest BCUT2D eigenvalue weighted by atomic mass is 32.2. The molecule has 0 spiro atoms. The number of carbonyl (C=O) groups excluding carboxylic acids is 1. The molecule has 12 heteroatoms. The maximum Gasteiger partial charge on any atom is 0.447 e. The quantitative estimate of drug-likeness (QED) is 0.505. The molecule has 0 saturated heterocycles. The lowest BCUT2D eigenvalue weighted by Crippen LogP contribution is -2.57. The number of alkyl halides is 5. The Morgan fingerprint density at radius 1 is 1.35 bits per heavy atom. The van der Waals surface area contributed by atoms with Gasteiger partial charge in [0.15, 0.2) is 0 Å². The van der Waals surface area contributed by atoms with Gasteiger partial charge in [-0.05, 0) is 12.1 Å². The van der Waals surface area contributed by atoms with Crippen molar-refractivity contribution < 1.29 is 48.9 Å². The lowest BCUT2D eigenvalue weighted by molar-refractivity contribution is -0.255. The van der Waals surface area contributed by atoms with Crippen LogP contribution in [0.2, 0.25) is 0 Å². The predicted molar refractivity (Wildman–Crippen MR) is 50.5 cm³/mol. The number of hydrogen-bond acceptors (Lipinski definition) is 5. The molecule has 0 aliphatic rings. The summed E-state index contributed by atoms with van der Waals surface area (Å²) in [7, 11) is -6.53. The first-order valence-corrected chi connectivity index (χ1v) is 5.96. The predicted octanol–water partition coefficient (Wildman–Crippen LogP) is 1.85. The van der Waals surface area contributed by atoms with Crippen molar-refractivity contribution in [3.63, 3.8) is 0 Å². The highest BCUT2D eigenvalue weighted by Gasteiger charge is 2.73. The van der Waals surface area contributed by atoms with E-state index >= 15 is 0 Å². The number of rotatable bonds is 5. The van der Waals surface area contributed by atoms with E-state index in [0.717, 1.165) is 18.4 Å². The van der Waals surface area contributed by atoms with Crippen LogP contribution in [0.4, 0.5) is 22.0 Å². The summed E-state index contributed by atoms with van der Waals surface area (Å²) in [5, 5.41) is -5.67. The van der Waals surface area contributed by atoms with Gasteiger partial charge in [0.05, 0.1) is 6.26 Å². The molecule has 0 aliphatic carbocycles. The number of halogens is 5. The van der Waals surface area contributed by atoms with Crippen molar-refractivity contribution in [2.45, 2.75) is 17.5 Å². The number of carbonyl (C=O) groups is 1. The standard InChI is InChI=1S/C8H5F5O6S/c9-6(10)7(11,12)8(13,20(15,16)17)19-5(14)4-2-1-3-18-4/h1-3,6H,(H,15,16,17). The third-order valence-corrected chi connectivity index (χ3v) is 2.97. The van der Waals surface area contributed by atoms with Crippen LogP contribution < -0.4 is 0 Å². The number of esters is 1. The second kappa shape index (κ2) is 5.01. The molecule has 1 aromatic rings. The first-order chi connectivity index (χ1) is 8.93. The summed E-state index contributed by atoms with van der Waals surface area (Å²) in [6.07, 6.45) is -4.06. The SMILES string of the molecule is O=C(OC(F)(C(F)(F)C(F)F)S(=O)(=O)O)c1ccco1. The molecule has 1 unspecified atom stereocenters. The summed E-state index contributed by atoms with van der Waals surface area (Å²) >= 11 is 0. The van der Waals surface area contributed by atoms with Crippen LogP contribution in [-0.4, -0.2) is 36.5 Å². The van der Waals surface area contributed by atoms with Crippen LogP contribution in [0, 0.1) is 0 Å². The van der Waals surface area contributed by atoms with E-state index in [1.807, 2.05) is 0 Å². The second-order valence-corrected chi connectivity index (χ2v) is 4.78. The maximum absolute atomic E-state index is 13.6. The Morgan fingerprint density at radius 3 is 2.25 bits per heavy atom. The Morgan fingerprint density at radius 2 is 1.90 bits per heavy atom. The number of furan rings is 1. The molecule has 20 heavy (non-hydrogen) atoms. The van der Waals surface area contributed by atoms with Crippen LogP contribution in [0.1, 0.15) is 10.6 Å². The topological polar surface area (TPSA) is 93.8 Å². The lowest BCUT2D eigenvalue weighted by Gasteiger charge is -2.28. The van der Waals surface area contributed by atoms with E-state index < -0.39 is 39.4 Å². The van der Waals surface area contributed by atoms with Gasteiger partial charge in [0, 0.05) is 0 Å². The minimum atomic E-state index is -6.53. The Labute approximate surface area is 107 Å². The molecular weight excluding hydrogens is 319 g/mol. The normalized spacial score (nSPS) is 15.9. The van der Waals surface area contributed by atoms with Gasteiger partial charge in [0.25, 0.3) is 0 Å². The minimum absolute atomic E-state index is 0.757. The first-order valence-electron chi connectivity index (χ1n) is 4.52. The van der Waals surface area contributed by atoms with E-state index in [-0.39, 0.29) is 0 Å². The Bertz CT molecular complexity index is 583. The molecule has 1 rings (SSSR count). The average Bonchev–Trinajstić information content (AvgIpc) is 2.79. The smallest absolute Gasteiger partial charge is 0.447 e. The second-order valence-electron chi connectivity index (χ2n) is 3.30. The van der Waals surface area contributed by atoms with Crippen molar-refractivity contribution in [3.8, 4) is 0 Å². The van der Waals surface area contributed by atoms with Gasteiger partial charge in [-0.15, -0.1) is 0 Å². The Kier molecular flexibility index (Phi) is 4.10. The van der Waals surface area contributed by atoms with E-state index in [2.05, 4.69) is 9.15 Å². The minimum Gasteiger partial charge on any atom is -0.457 e. The van der Waals surface area contributed by atoms with Crippen LogP contribution >= 0.6 is 0 Å². The van der Waals surface area contributed by atoms with Gasteiger partial charge in [-0.3, -0.25) is 4.55 Å². The Hall–Kier alpha value is -1.69. The molecule has 114 valence electrons. The van der Waals surface area contributed by atoms with Crippen LogP contribution in [0.3, 0.4) is 0 Å². The van der Waals surface area contributed by atoms with Gasteiger partial charge in [0.1, 0.15) is 0 Å². The highest BCUT2D eigenvalue weighted by Crippen LogP contribution is 2.42. The molecule has 0 bridgehead atoms. The molecule has 0 fully saturated rings. The molecule has 0 aliphatic heterocycles. The fourth-order valence-corrected chi connectivity index (χ4v) is 1.60. The van der Waals surface area contributed by atoms with Crippen molar-refractivity contribution >= 4 is 16.1 Å². The van der Waals surface area contributed by atoms with Crippen molar-refractivity contribution in [2.75, 3.05) is 0 Å². The summed E-state index contributed by atoms with van der Waals surface area (Å²) in [6, 6.07) is 1.78. The van der Waals surface area contributed by atoms with Crippen LogP contribution in [0.25, 0.3) is 0 Å². The third-order valence-electron chi connectivity index (χ3n) is 1.95. The summed E-state index contributed by atoms with van der Waals surface area (Å²) in [6.45, 7) is 0. The fourth-order valence-electron chi connectivity index (χ4n) is 0.987. The zero-order valence-corrected chi connectivity index (χ0v) is 9.91. The highest BCUT2D eigenvalue weighted by molar-refractivity contribution is 7.87. The average molecular weight is 324 g/mol. The molecule has 0 amide bonds. The monoisotopic (exact) mass is 324 g/mol. The number of ether oxygens (including phenoxy) is 1. The summed E-state index contributed by atoms with van der Waals surface area (Å²) < 4.78 is 101. The maximum atomic E-state index is 13.6. The van der Waals surface area contributed by atoms with Crippen LogP contribution in [-0.2, 0) is 14.9 Å². The molecule has 0 aromatic carbocycles. The van der Waals surface area contributed by atoms with E-state index in [0.29, 0.717) is 0 Å². The zero-order chi connectivity index (χ0) is 15.8. The van der Waals surface area contributed by atoms with Gasteiger partial charge in [-0.2, -0.15) is 21.6 Å². The molecule has 0 saturated carbocycles. The summed E-state index contributed by atoms with van der Waals surface area (Å²) in [4.78, 5) is 11.1. The van der Waals surface area contributed by atoms with Crippen molar-refractivity contribution in [2.24, 2.45) is 0 Å². The van der Waals surface area contributed by atoms with Crippen LogP contribution in [0.15, 0.2) is 22.8 Å². The van der Waals surface area contributed by atoms with Crippen molar-refractivity contribution in [1.82, 2.24) is 0 Å². The summed E-state index contributed by atoms with van der Waals surface area (Å²) in [5.41, 5.74) is 0.